The van der Waals surface area contributed by atoms with Crippen molar-refractivity contribution in [2.45, 2.75) is 38.3 Å². The second-order valence-electron chi connectivity index (χ2n) is 7.98. The van der Waals surface area contributed by atoms with E-state index in [0.29, 0.717) is 25.0 Å². The van der Waals surface area contributed by atoms with Gasteiger partial charge in [0, 0.05) is 44.1 Å². The molecule has 1 saturated carbocycles. The van der Waals surface area contributed by atoms with E-state index in [4.69, 9.17) is 21.3 Å². The Kier molecular flexibility index (Phi) is 5.28. The van der Waals surface area contributed by atoms with Crippen LogP contribution in [0.1, 0.15) is 31.7 Å². The molecule has 4 rings (SSSR count). The molecule has 1 aromatic rings. The molecule has 5 nitrogen and oxygen atoms in total. The van der Waals surface area contributed by atoms with Crippen LogP contribution in [0.2, 0.25) is 5.02 Å². The molecule has 0 N–H and O–H groups in total. The normalized spacial score (nSPS) is 30.4. The topological polar surface area (TPSA) is 45.1 Å². The minimum atomic E-state index is -0.535. The predicted octanol–water partition coefficient (Wildman–Crippen LogP) is 3.22. The predicted molar refractivity (Wildman–Crippen MR) is 107 cm³/mol. The van der Waals surface area contributed by atoms with E-state index in [9.17, 15) is 4.79 Å². The minimum Gasteiger partial charge on any atom is -0.383 e. The Labute approximate surface area is 166 Å². The number of hydrogen-bond acceptors (Lipinski definition) is 4. The van der Waals surface area contributed by atoms with Crippen molar-refractivity contribution in [3.05, 3.63) is 34.9 Å². The molecular weight excluding hydrogens is 362 g/mol. The van der Waals surface area contributed by atoms with Gasteiger partial charge in [-0.3, -0.25) is 19.6 Å². The summed E-state index contributed by atoms with van der Waals surface area (Å²) >= 11 is 6.14. The molecule has 2 heterocycles. The lowest BCUT2D eigenvalue weighted by molar-refractivity contribution is -0.132. The molecule has 2 aliphatic heterocycles. The Morgan fingerprint density at radius 2 is 2.22 bits per heavy atom. The summed E-state index contributed by atoms with van der Waals surface area (Å²) in [6.07, 6.45) is 2.76. The number of likely N-dealkylation sites (tertiary alicyclic amines) is 1. The Morgan fingerprint density at radius 3 is 2.96 bits per heavy atom. The first-order valence-electron chi connectivity index (χ1n) is 9.94. The molecule has 1 aromatic carbocycles. The number of benzene rings is 1. The molecule has 3 aliphatic rings. The average molecular weight is 390 g/mol. The monoisotopic (exact) mass is 389 g/mol. The van der Waals surface area contributed by atoms with Crippen LogP contribution in [0.4, 0.5) is 0 Å². The summed E-state index contributed by atoms with van der Waals surface area (Å²) < 4.78 is 5.21. The van der Waals surface area contributed by atoms with E-state index in [1.807, 2.05) is 23.1 Å². The van der Waals surface area contributed by atoms with Crippen LogP contribution in [0.3, 0.4) is 0 Å². The van der Waals surface area contributed by atoms with Gasteiger partial charge < -0.3 is 4.74 Å². The van der Waals surface area contributed by atoms with Crippen molar-refractivity contribution in [3.63, 3.8) is 0 Å². The first-order valence-corrected chi connectivity index (χ1v) is 10.3. The van der Waals surface area contributed by atoms with E-state index in [2.05, 4.69) is 17.9 Å². The molecule has 2 fully saturated rings. The number of methoxy groups -OCH3 is 1. The second kappa shape index (κ2) is 7.53. The number of rotatable bonds is 6. The Hall–Kier alpha value is -1.43. The largest absolute Gasteiger partial charge is 0.383 e. The molecule has 1 spiro atoms. The van der Waals surface area contributed by atoms with E-state index < -0.39 is 5.54 Å². The molecule has 3 atom stereocenters. The van der Waals surface area contributed by atoms with Gasteiger partial charge in [0.2, 0.25) is 0 Å². The van der Waals surface area contributed by atoms with E-state index in [1.165, 1.54) is 5.56 Å². The van der Waals surface area contributed by atoms with Gasteiger partial charge in [0.1, 0.15) is 11.4 Å². The summed E-state index contributed by atoms with van der Waals surface area (Å²) in [5, 5.41) is 0.778. The number of carbonyl (C=O) groups is 1. The van der Waals surface area contributed by atoms with Gasteiger partial charge in [-0.05, 0) is 36.5 Å². The van der Waals surface area contributed by atoms with Gasteiger partial charge >= 0.3 is 0 Å². The van der Waals surface area contributed by atoms with Crippen LogP contribution in [-0.4, -0.2) is 60.4 Å². The highest BCUT2D eigenvalue weighted by Crippen LogP contribution is 2.50. The number of carbonyl (C=O) groups excluding carboxylic acids is 1. The Bertz CT molecular complexity index is 753. The molecule has 27 heavy (non-hydrogen) atoms. The maximum absolute atomic E-state index is 13.4. The van der Waals surface area contributed by atoms with E-state index in [-0.39, 0.29) is 5.91 Å². The number of amidine groups is 1. The van der Waals surface area contributed by atoms with Crippen molar-refractivity contribution < 1.29 is 9.53 Å². The molecule has 0 radical (unpaired) electrons. The third-order valence-electron chi connectivity index (χ3n) is 6.41. The van der Waals surface area contributed by atoms with Crippen molar-refractivity contribution in [3.8, 4) is 0 Å². The van der Waals surface area contributed by atoms with E-state index in [1.54, 1.807) is 7.11 Å². The van der Waals surface area contributed by atoms with Crippen molar-refractivity contribution in [1.82, 2.24) is 9.80 Å². The van der Waals surface area contributed by atoms with Crippen LogP contribution in [0.5, 0.6) is 0 Å². The van der Waals surface area contributed by atoms with Gasteiger partial charge in [0.05, 0.1) is 13.2 Å². The van der Waals surface area contributed by atoms with Gasteiger partial charge in [-0.1, -0.05) is 30.7 Å². The zero-order valence-electron chi connectivity index (χ0n) is 16.2. The molecule has 0 bridgehead atoms. The lowest BCUT2D eigenvalue weighted by Crippen LogP contribution is -2.47. The van der Waals surface area contributed by atoms with Crippen LogP contribution in [0.25, 0.3) is 0 Å². The van der Waals surface area contributed by atoms with Crippen molar-refractivity contribution in [1.29, 1.82) is 0 Å². The zero-order chi connectivity index (χ0) is 19.0. The summed E-state index contributed by atoms with van der Waals surface area (Å²) in [6.45, 7) is 6.10. The van der Waals surface area contributed by atoms with Gasteiger partial charge in [0.15, 0.2) is 0 Å². The summed E-state index contributed by atoms with van der Waals surface area (Å²) in [5.74, 6) is 2.01. The third-order valence-corrected chi connectivity index (χ3v) is 6.65. The summed E-state index contributed by atoms with van der Waals surface area (Å²) in [7, 11) is 1.68. The lowest BCUT2D eigenvalue weighted by Gasteiger charge is -2.28. The van der Waals surface area contributed by atoms with E-state index >= 15 is 0 Å². The van der Waals surface area contributed by atoms with Crippen LogP contribution in [0, 0.1) is 11.8 Å². The first kappa shape index (κ1) is 18.9. The number of aliphatic imine (C=N–C) groups is 1. The maximum Gasteiger partial charge on any atom is 0.256 e. The number of ether oxygens (including phenoxy) is 1. The molecular formula is C21H28ClN3O2. The van der Waals surface area contributed by atoms with Gasteiger partial charge in [-0.2, -0.15) is 0 Å². The van der Waals surface area contributed by atoms with Crippen LogP contribution >= 0.6 is 11.6 Å². The van der Waals surface area contributed by atoms with Crippen molar-refractivity contribution in [2.24, 2.45) is 16.8 Å². The molecule has 6 heteroatoms. The first-order chi connectivity index (χ1) is 13.1. The number of fused-ring (bicyclic) bond motifs is 2. The molecule has 1 aliphatic carbocycles. The smallest absolute Gasteiger partial charge is 0.256 e. The molecule has 1 saturated heterocycles. The highest BCUT2D eigenvalue weighted by Gasteiger charge is 2.60. The lowest BCUT2D eigenvalue weighted by atomic mass is 9.85. The quantitative estimate of drug-likeness (QED) is 0.750. The fourth-order valence-corrected chi connectivity index (χ4v) is 5.40. The van der Waals surface area contributed by atoms with Crippen LogP contribution in [-0.2, 0) is 16.1 Å². The standard InChI is InChI=1S/C21H28ClN3O2/c1-3-19-23-21(20(26)25(19)9-10-27-2)8-7-16-13-24(14-18(16)21)12-15-5-4-6-17(22)11-15/h4-6,11,16,18H,3,7-10,12-14H2,1-2H3/t16-,18+,21-/m1/s1. The fraction of sp³-hybridized carbons (Fsp3) is 0.619. The number of amides is 1. The Morgan fingerprint density at radius 1 is 1.37 bits per heavy atom. The van der Waals surface area contributed by atoms with E-state index in [0.717, 1.165) is 49.8 Å². The fourth-order valence-electron chi connectivity index (χ4n) is 5.18. The molecule has 0 aromatic heterocycles. The van der Waals surface area contributed by atoms with Crippen molar-refractivity contribution in [2.75, 3.05) is 33.4 Å². The molecule has 0 unspecified atom stereocenters. The molecule has 1 amide bonds. The summed E-state index contributed by atoms with van der Waals surface area (Å²) in [6, 6.07) is 8.07. The van der Waals surface area contributed by atoms with Gasteiger partial charge in [0.25, 0.3) is 5.91 Å². The SMILES string of the molecule is CCC1=N[C@@]2(CC[C@@H]3CN(Cc4cccc(Cl)c4)C[C@@H]32)C(=O)N1CCOC. The highest BCUT2D eigenvalue weighted by molar-refractivity contribution is 6.30. The van der Waals surface area contributed by atoms with Crippen molar-refractivity contribution >= 4 is 23.3 Å². The van der Waals surface area contributed by atoms with Crippen LogP contribution < -0.4 is 0 Å². The number of hydrogen-bond donors (Lipinski definition) is 0. The minimum absolute atomic E-state index is 0.202. The second-order valence-corrected chi connectivity index (χ2v) is 8.42. The summed E-state index contributed by atoms with van der Waals surface area (Å²) in [5.41, 5.74) is 0.695. The zero-order valence-corrected chi connectivity index (χ0v) is 16.9. The Balaban J connectivity index is 1.51. The highest BCUT2D eigenvalue weighted by atomic mass is 35.5. The van der Waals surface area contributed by atoms with Gasteiger partial charge in [-0.25, -0.2) is 0 Å². The third kappa shape index (κ3) is 3.30. The van der Waals surface area contributed by atoms with Gasteiger partial charge in [-0.15, -0.1) is 0 Å². The maximum atomic E-state index is 13.4. The number of nitrogens with zero attached hydrogens (tertiary/aromatic N) is 3. The average Bonchev–Trinajstić information content (AvgIpc) is 3.28. The van der Waals surface area contributed by atoms with Crippen LogP contribution in [0.15, 0.2) is 29.3 Å². The molecule has 146 valence electrons. The summed E-state index contributed by atoms with van der Waals surface area (Å²) in [4.78, 5) is 22.8. The number of halogens is 1.